The van der Waals surface area contributed by atoms with Crippen LogP contribution in [0, 0.1) is 16.4 Å². The van der Waals surface area contributed by atoms with Gasteiger partial charge in [-0.05, 0) is 9.91 Å². The first-order chi connectivity index (χ1) is 3.80. The summed E-state index contributed by atoms with van der Waals surface area (Å²) in [5.41, 5.74) is 0. The molecule has 1 rings (SSSR count). The van der Waals surface area contributed by atoms with Gasteiger partial charge in [0.15, 0.2) is 0 Å². The molecule has 1 aromatic heterocycles. The second-order valence-electron chi connectivity index (χ2n) is 1.04. The first-order valence-corrected chi connectivity index (χ1v) is 1.76. The van der Waals surface area contributed by atoms with Crippen molar-refractivity contribution >= 4 is 5.82 Å². The van der Waals surface area contributed by atoms with Crippen LogP contribution < -0.4 is 0 Å². The summed E-state index contributed by atoms with van der Waals surface area (Å²) < 4.78 is 4.20. The smallest absolute Gasteiger partial charge is 0.412 e. The predicted molar refractivity (Wildman–Crippen MR) is 22.0 cm³/mol. The van der Waals surface area contributed by atoms with Gasteiger partial charge in [0.25, 0.3) is 12.7 Å². The van der Waals surface area contributed by atoms with E-state index in [-0.39, 0.29) is 5.82 Å². The zero-order valence-electron chi connectivity index (χ0n) is 3.70. The van der Waals surface area contributed by atoms with Crippen molar-refractivity contribution in [3.63, 3.8) is 0 Å². The van der Waals surface area contributed by atoms with E-state index >= 15 is 0 Å². The Kier molecular flexibility index (Phi) is 0.957. The van der Waals surface area contributed by atoms with Crippen molar-refractivity contribution in [2.45, 2.75) is 0 Å². The van der Waals surface area contributed by atoms with Crippen LogP contribution in [0.4, 0.5) is 5.82 Å². The Morgan fingerprint density at radius 2 is 2.75 bits per heavy atom. The number of oxazole rings is 1. The Labute approximate surface area is 44.1 Å². The van der Waals surface area contributed by atoms with Gasteiger partial charge in [0.1, 0.15) is 0 Å². The van der Waals surface area contributed by atoms with Gasteiger partial charge in [-0.1, -0.05) is 0 Å². The molecule has 41 valence electrons. The molecule has 0 N–H and O–H groups in total. The summed E-state index contributed by atoms with van der Waals surface area (Å²) in [6, 6.07) is 0. The van der Waals surface area contributed by atoms with Crippen LogP contribution in [0.1, 0.15) is 0 Å². The Bertz CT molecular complexity index is 180. The summed E-state index contributed by atoms with van der Waals surface area (Å²) >= 11 is 0. The Morgan fingerprint density at radius 1 is 2.00 bits per heavy atom. The molecule has 0 amide bonds. The predicted octanol–water partition coefficient (Wildman–Crippen LogP) is 0.383. The quantitative estimate of drug-likeness (QED) is 0.390. The number of nitrogens with zero attached hydrogens (tertiary/aromatic N) is 2. The number of aromatic nitrogens is 1. The van der Waals surface area contributed by atoms with E-state index in [1.807, 2.05) is 6.26 Å². The van der Waals surface area contributed by atoms with Crippen LogP contribution in [0.2, 0.25) is 0 Å². The van der Waals surface area contributed by atoms with Crippen molar-refractivity contribution in [3.05, 3.63) is 22.8 Å². The zero-order valence-corrected chi connectivity index (χ0v) is 3.70. The summed E-state index contributed by atoms with van der Waals surface area (Å²) in [5, 5.41) is 9.71. The van der Waals surface area contributed by atoms with Gasteiger partial charge in [-0.2, -0.15) is 0 Å². The van der Waals surface area contributed by atoms with E-state index in [0.717, 1.165) is 6.39 Å². The number of hydrogen-bond donors (Lipinski definition) is 0. The third-order valence-electron chi connectivity index (χ3n) is 0.551. The molecule has 0 spiro atoms. The van der Waals surface area contributed by atoms with Crippen molar-refractivity contribution in [2.75, 3.05) is 0 Å². The SMILES string of the molecule is O=[N+]([O-])c1[c]ocn1. The van der Waals surface area contributed by atoms with Crippen molar-refractivity contribution in [1.29, 1.82) is 0 Å². The van der Waals surface area contributed by atoms with Gasteiger partial charge >= 0.3 is 5.82 Å². The first-order valence-electron chi connectivity index (χ1n) is 1.76. The minimum absolute atomic E-state index is 0.384. The summed E-state index contributed by atoms with van der Waals surface area (Å²) in [6.07, 6.45) is 2.91. The lowest BCUT2D eigenvalue weighted by Crippen LogP contribution is -1.85. The van der Waals surface area contributed by atoms with Crippen LogP contribution in [0.15, 0.2) is 10.8 Å². The monoisotopic (exact) mass is 113 g/mol. The van der Waals surface area contributed by atoms with Gasteiger partial charge in [-0.25, -0.2) is 0 Å². The van der Waals surface area contributed by atoms with E-state index in [1.165, 1.54) is 0 Å². The molecule has 0 aliphatic heterocycles. The number of rotatable bonds is 1. The van der Waals surface area contributed by atoms with E-state index in [1.54, 1.807) is 0 Å². The molecule has 0 unspecified atom stereocenters. The van der Waals surface area contributed by atoms with Crippen molar-refractivity contribution in [1.82, 2.24) is 4.98 Å². The van der Waals surface area contributed by atoms with Crippen LogP contribution in [0.3, 0.4) is 0 Å². The maximum atomic E-state index is 9.71. The maximum Gasteiger partial charge on any atom is 0.414 e. The van der Waals surface area contributed by atoms with E-state index in [4.69, 9.17) is 0 Å². The van der Waals surface area contributed by atoms with Crippen LogP contribution in [-0.2, 0) is 0 Å². The summed E-state index contributed by atoms with van der Waals surface area (Å²) in [5.74, 6) is -0.384. The third kappa shape index (κ3) is 0.651. The molecular formula is C3HN2O3. The second kappa shape index (κ2) is 1.61. The Hall–Kier alpha value is -1.39. The van der Waals surface area contributed by atoms with Crippen LogP contribution in [0.25, 0.3) is 0 Å². The molecule has 1 heterocycles. The van der Waals surface area contributed by atoms with Crippen LogP contribution in [-0.4, -0.2) is 9.91 Å². The third-order valence-corrected chi connectivity index (χ3v) is 0.551. The fourth-order valence-electron chi connectivity index (χ4n) is 0.266. The fourth-order valence-corrected chi connectivity index (χ4v) is 0.266. The Morgan fingerprint density at radius 3 is 3.00 bits per heavy atom. The minimum atomic E-state index is -0.677. The van der Waals surface area contributed by atoms with Crippen molar-refractivity contribution in [2.24, 2.45) is 0 Å². The molecule has 1 radical (unpaired) electrons. The molecule has 0 saturated carbocycles. The summed E-state index contributed by atoms with van der Waals surface area (Å²) in [6.45, 7) is 0. The topological polar surface area (TPSA) is 69.2 Å². The molecule has 0 saturated heterocycles. The van der Waals surface area contributed by atoms with Gasteiger partial charge < -0.3 is 14.5 Å². The molecule has 0 aliphatic rings. The van der Waals surface area contributed by atoms with Crippen molar-refractivity contribution < 1.29 is 9.34 Å². The minimum Gasteiger partial charge on any atom is -0.412 e. The van der Waals surface area contributed by atoms with Crippen LogP contribution in [0.5, 0.6) is 0 Å². The van der Waals surface area contributed by atoms with Crippen LogP contribution >= 0.6 is 0 Å². The normalized spacial score (nSPS) is 9.00. The molecule has 0 aromatic carbocycles. The summed E-state index contributed by atoms with van der Waals surface area (Å²) in [7, 11) is 0. The highest BCUT2D eigenvalue weighted by Gasteiger charge is 2.06. The number of hydrogen-bond acceptors (Lipinski definition) is 4. The lowest BCUT2D eigenvalue weighted by atomic mass is 10.8. The summed E-state index contributed by atoms with van der Waals surface area (Å²) in [4.78, 5) is 12.2. The maximum absolute atomic E-state index is 9.71. The molecule has 0 atom stereocenters. The molecule has 0 fully saturated rings. The highest BCUT2D eigenvalue weighted by molar-refractivity contribution is 5.05. The van der Waals surface area contributed by atoms with Gasteiger partial charge in [0, 0.05) is 0 Å². The molecule has 8 heavy (non-hydrogen) atoms. The molecule has 5 nitrogen and oxygen atoms in total. The van der Waals surface area contributed by atoms with E-state index < -0.39 is 4.92 Å². The van der Waals surface area contributed by atoms with E-state index in [0.29, 0.717) is 0 Å². The number of nitro groups is 1. The average Bonchev–Trinajstić information content (AvgIpc) is 2.12. The molecular weight excluding hydrogens is 112 g/mol. The Balaban J connectivity index is 2.93. The molecule has 5 heteroatoms. The van der Waals surface area contributed by atoms with Gasteiger partial charge in [0.2, 0.25) is 0 Å². The first kappa shape index (κ1) is 4.76. The standard InChI is InChI=1S/C3HN2O3/c6-5(7)3-1-8-2-4-3/h2H. The van der Waals surface area contributed by atoms with Gasteiger partial charge in [0.05, 0.1) is 0 Å². The fraction of sp³-hybridized carbons (Fsp3) is 0. The average molecular weight is 113 g/mol. The highest BCUT2D eigenvalue weighted by atomic mass is 16.6. The lowest BCUT2D eigenvalue weighted by Gasteiger charge is -1.79. The van der Waals surface area contributed by atoms with Gasteiger partial charge in [-0.15, -0.1) is 0 Å². The van der Waals surface area contributed by atoms with Gasteiger partial charge in [-0.3, -0.25) is 0 Å². The zero-order chi connectivity index (χ0) is 5.98. The van der Waals surface area contributed by atoms with E-state index in [9.17, 15) is 10.1 Å². The van der Waals surface area contributed by atoms with Crippen molar-refractivity contribution in [3.8, 4) is 0 Å². The highest BCUT2D eigenvalue weighted by Crippen LogP contribution is 2.01. The molecule has 0 bridgehead atoms. The lowest BCUT2D eigenvalue weighted by molar-refractivity contribution is -0.390. The molecule has 1 aromatic rings. The largest absolute Gasteiger partial charge is 0.414 e. The molecule has 0 aliphatic carbocycles. The van der Waals surface area contributed by atoms with E-state index in [2.05, 4.69) is 9.40 Å². The second-order valence-corrected chi connectivity index (χ2v) is 1.04.